The lowest BCUT2D eigenvalue weighted by atomic mass is 10.2. The molecule has 0 aliphatic rings. The first kappa shape index (κ1) is 23.4. The molecular weight excluding hydrogens is 304 g/mol. The van der Waals surface area contributed by atoms with E-state index in [0.717, 1.165) is 58.3 Å². The summed E-state index contributed by atoms with van der Waals surface area (Å²) in [5, 5.41) is 0. The van der Waals surface area contributed by atoms with Crippen molar-refractivity contribution in [3.8, 4) is 0 Å². The van der Waals surface area contributed by atoms with Gasteiger partial charge in [0.05, 0.1) is 12.9 Å². The van der Waals surface area contributed by atoms with Gasteiger partial charge in [0.25, 0.3) is 0 Å². The number of unbranched alkanes of at least 4 members (excludes halogenated alkanes) is 5. The minimum absolute atomic E-state index is 0.0934. The second-order valence-electron chi connectivity index (χ2n) is 6.08. The Balaban J connectivity index is 3.75. The van der Waals surface area contributed by atoms with Gasteiger partial charge in [0.15, 0.2) is 13.1 Å². The number of rotatable bonds is 19. The molecule has 144 valence electrons. The summed E-state index contributed by atoms with van der Waals surface area (Å²) in [6.45, 7) is 9.24. The Morgan fingerprint density at radius 1 is 0.750 bits per heavy atom. The Labute approximate surface area is 149 Å². The summed E-state index contributed by atoms with van der Waals surface area (Å²) >= 11 is 0. The molecule has 4 nitrogen and oxygen atoms in total. The molecule has 0 saturated carbocycles. The van der Waals surface area contributed by atoms with Gasteiger partial charge in [0.1, 0.15) is 0 Å². The van der Waals surface area contributed by atoms with Crippen LogP contribution in [0.4, 0.5) is 0 Å². The first-order valence-corrected chi connectivity index (χ1v) is 9.92. The molecule has 0 aromatic rings. The van der Waals surface area contributed by atoms with Crippen molar-refractivity contribution in [3.63, 3.8) is 0 Å². The minimum Gasteiger partial charge on any atom is -0.475 e. The molecule has 0 amide bonds. The topological polar surface area (TPSA) is 36.9 Å². The second-order valence-corrected chi connectivity index (χ2v) is 6.08. The van der Waals surface area contributed by atoms with Crippen molar-refractivity contribution in [2.75, 3.05) is 26.6 Å². The Morgan fingerprint density at radius 3 is 1.96 bits per heavy atom. The van der Waals surface area contributed by atoms with Gasteiger partial charge in [-0.1, -0.05) is 52.9 Å². The summed E-state index contributed by atoms with van der Waals surface area (Å²) in [6, 6.07) is 0. The number of hydrogen-bond donors (Lipinski definition) is 0. The molecule has 0 heterocycles. The van der Waals surface area contributed by atoms with Crippen molar-refractivity contribution in [2.45, 2.75) is 91.3 Å². The van der Waals surface area contributed by atoms with Gasteiger partial charge in [-0.15, -0.1) is 0 Å². The highest BCUT2D eigenvalue weighted by Gasteiger charge is 2.08. The van der Waals surface area contributed by atoms with Gasteiger partial charge in [-0.25, -0.2) is 0 Å². The van der Waals surface area contributed by atoms with Crippen LogP contribution in [0.25, 0.3) is 0 Å². The standard InChI is InChI=1S/C20H40O4/c1-4-7-11-17-23-20(24-18-12-8-5-2)14-10-13-16-22-19-21-15-9-6-3/h13,16,20H,4-12,14-15,17-19H2,1-3H3. The Morgan fingerprint density at radius 2 is 1.38 bits per heavy atom. The van der Waals surface area contributed by atoms with E-state index in [1.165, 1.54) is 25.7 Å². The quantitative estimate of drug-likeness (QED) is 0.168. The number of hydrogen-bond acceptors (Lipinski definition) is 4. The summed E-state index contributed by atoms with van der Waals surface area (Å²) in [5.74, 6) is 0. The maximum Gasteiger partial charge on any atom is 0.188 e. The molecule has 0 saturated heterocycles. The van der Waals surface area contributed by atoms with Crippen LogP contribution < -0.4 is 0 Å². The Hall–Kier alpha value is -0.580. The van der Waals surface area contributed by atoms with Crippen molar-refractivity contribution in [1.29, 1.82) is 0 Å². The van der Waals surface area contributed by atoms with Gasteiger partial charge in [0.2, 0.25) is 0 Å². The van der Waals surface area contributed by atoms with Gasteiger partial charge in [-0.2, -0.15) is 0 Å². The van der Waals surface area contributed by atoms with Crippen LogP contribution in [0.2, 0.25) is 0 Å². The van der Waals surface area contributed by atoms with Crippen molar-refractivity contribution in [2.24, 2.45) is 0 Å². The van der Waals surface area contributed by atoms with E-state index in [0.29, 0.717) is 6.79 Å². The smallest absolute Gasteiger partial charge is 0.188 e. The molecule has 0 aliphatic carbocycles. The van der Waals surface area contributed by atoms with E-state index in [4.69, 9.17) is 18.9 Å². The molecule has 0 spiro atoms. The summed E-state index contributed by atoms with van der Waals surface area (Å²) < 4.78 is 22.4. The highest BCUT2D eigenvalue weighted by Crippen LogP contribution is 2.09. The number of ether oxygens (including phenoxy) is 4. The Kier molecular flexibility index (Phi) is 20.0. The van der Waals surface area contributed by atoms with Crippen LogP contribution in [0, 0.1) is 0 Å². The van der Waals surface area contributed by atoms with Crippen LogP contribution in [0.5, 0.6) is 0 Å². The lowest BCUT2D eigenvalue weighted by Crippen LogP contribution is -2.18. The zero-order chi connectivity index (χ0) is 17.7. The molecule has 0 N–H and O–H groups in total. The van der Waals surface area contributed by atoms with E-state index in [-0.39, 0.29) is 6.29 Å². The molecule has 0 bridgehead atoms. The molecule has 0 aromatic heterocycles. The van der Waals surface area contributed by atoms with E-state index >= 15 is 0 Å². The van der Waals surface area contributed by atoms with Crippen molar-refractivity contribution < 1.29 is 18.9 Å². The zero-order valence-corrected chi connectivity index (χ0v) is 16.3. The van der Waals surface area contributed by atoms with Crippen LogP contribution in [0.15, 0.2) is 12.3 Å². The summed E-state index contributed by atoms with van der Waals surface area (Å²) in [5.41, 5.74) is 0. The fraction of sp³-hybridized carbons (Fsp3) is 0.900. The van der Waals surface area contributed by atoms with Gasteiger partial charge in [-0.05, 0) is 31.8 Å². The molecule has 0 fully saturated rings. The third-order valence-corrected chi connectivity index (χ3v) is 3.66. The van der Waals surface area contributed by atoms with E-state index < -0.39 is 0 Å². The van der Waals surface area contributed by atoms with Crippen molar-refractivity contribution >= 4 is 0 Å². The largest absolute Gasteiger partial charge is 0.475 e. The maximum atomic E-state index is 5.87. The van der Waals surface area contributed by atoms with Crippen molar-refractivity contribution in [3.05, 3.63) is 12.3 Å². The lowest BCUT2D eigenvalue weighted by molar-refractivity contribution is -0.146. The van der Waals surface area contributed by atoms with Crippen LogP contribution >= 0.6 is 0 Å². The summed E-state index contributed by atoms with van der Waals surface area (Å²) in [6.07, 6.45) is 14.7. The molecule has 0 radical (unpaired) electrons. The SMILES string of the molecule is CCCCCOC(CCC=COCOCCCC)OCCCCC. The van der Waals surface area contributed by atoms with Gasteiger partial charge in [-0.3, -0.25) is 0 Å². The molecule has 0 unspecified atom stereocenters. The molecule has 0 aromatic carbocycles. The first-order chi connectivity index (χ1) is 11.8. The third kappa shape index (κ3) is 17.8. The molecule has 24 heavy (non-hydrogen) atoms. The maximum absolute atomic E-state index is 5.87. The molecule has 0 atom stereocenters. The predicted octanol–water partition coefficient (Wildman–Crippen LogP) is 5.81. The third-order valence-electron chi connectivity index (χ3n) is 3.66. The zero-order valence-electron chi connectivity index (χ0n) is 16.3. The average Bonchev–Trinajstić information content (AvgIpc) is 2.60. The van der Waals surface area contributed by atoms with Crippen LogP contribution in [-0.2, 0) is 18.9 Å². The van der Waals surface area contributed by atoms with E-state index in [2.05, 4.69) is 20.8 Å². The first-order valence-electron chi connectivity index (χ1n) is 9.92. The van der Waals surface area contributed by atoms with E-state index in [9.17, 15) is 0 Å². The van der Waals surface area contributed by atoms with Crippen LogP contribution in [0.1, 0.15) is 85.0 Å². The molecule has 4 heteroatoms. The highest BCUT2D eigenvalue weighted by molar-refractivity contribution is 4.73. The monoisotopic (exact) mass is 344 g/mol. The normalized spacial score (nSPS) is 11.7. The van der Waals surface area contributed by atoms with Crippen molar-refractivity contribution in [1.82, 2.24) is 0 Å². The van der Waals surface area contributed by atoms with Gasteiger partial charge in [0, 0.05) is 19.6 Å². The fourth-order valence-electron chi connectivity index (χ4n) is 2.11. The number of allylic oxidation sites excluding steroid dienone is 1. The molecule has 0 aliphatic heterocycles. The van der Waals surface area contributed by atoms with Gasteiger partial charge >= 0.3 is 0 Å². The molecule has 0 rings (SSSR count). The Bertz CT molecular complexity index is 244. The summed E-state index contributed by atoms with van der Waals surface area (Å²) in [4.78, 5) is 0. The average molecular weight is 345 g/mol. The van der Waals surface area contributed by atoms with Crippen LogP contribution in [0.3, 0.4) is 0 Å². The molecular formula is C20H40O4. The summed E-state index contributed by atoms with van der Waals surface area (Å²) in [7, 11) is 0. The minimum atomic E-state index is -0.0934. The van der Waals surface area contributed by atoms with Gasteiger partial charge < -0.3 is 18.9 Å². The van der Waals surface area contributed by atoms with E-state index in [1.54, 1.807) is 6.26 Å². The fourth-order valence-corrected chi connectivity index (χ4v) is 2.11. The lowest BCUT2D eigenvalue weighted by Gasteiger charge is -2.18. The van der Waals surface area contributed by atoms with Crippen LogP contribution in [-0.4, -0.2) is 32.9 Å². The highest BCUT2D eigenvalue weighted by atomic mass is 16.7. The second kappa shape index (κ2) is 20.5. The predicted molar refractivity (Wildman–Crippen MR) is 99.9 cm³/mol. The van der Waals surface area contributed by atoms with E-state index in [1.807, 2.05) is 6.08 Å².